The molecule has 0 amide bonds. The van der Waals surface area contributed by atoms with Gasteiger partial charge in [0.25, 0.3) is 0 Å². The highest BCUT2D eigenvalue weighted by atomic mass is 79.9. The standard InChI is InChI=1S/C16H14BrFN2S/c17-12-4-1-10(2-5-12)7-14(20-19)16-8-11-3-6-13(18)9-15(11)21-16/h1-6,8-9,14,20H,7,19H2. The molecule has 3 N–H and O–H groups in total. The second kappa shape index (κ2) is 6.23. The Morgan fingerprint density at radius 3 is 2.62 bits per heavy atom. The summed E-state index contributed by atoms with van der Waals surface area (Å²) in [6.07, 6.45) is 0.791. The Morgan fingerprint density at radius 1 is 1.14 bits per heavy atom. The molecule has 0 saturated carbocycles. The van der Waals surface area contributed by atoms with Crippen molar-refractivity contribution in [3.63, 3.8) is 0 Å². The fourth-order valence-electron chi connectivity index (χ4n) is 2.30. The van der Waals surface area contributed by atoms with Gasteiger partial charge >= 0.3 is 0 Å². The summed E-state index contributed by atoms with van der Waals surface area (Å²) in [6, 6.07) is 15.1. The Morgan fingerprint density at radius 2 is 1.90 bits per heavy atom. The molecule has 2 aromatic carbocycles. The summed E-state index contributed by atoms with van der Waals surface area (Å²) in [7, 11) is 0. The lowest BCUT2D eigenvalue weighted by Crippen LogP contribution is -2.28. The largest absolute Gasteiger partial charge is 0.271 e. The molecule has 5 heteroatoms. The van der Waals surface area contributed by atoms with E-state index in [-0.39, 0.29) is 11.9 Å². The van der Waals surface area contributed by atoms with E-state index in [1.165, 1.54) is 11.6 Å². The van der Waals surface area contributed by atoms with Crippen molar-refractivity contribution in [1.29, 1.82) is 0 Å². The number of thiophene rings is 1. The Kier molecular flexibility index (Phi) is 4.35. The molecule has 2 nitrogen and oxygen atoms in total. The van der Waals surface area contributed by atoms with Gasteiger partial charge in [0.15, 0.2) is 0 Å². The molecule has 1 atom stereocenters. The predicted octanol–water partition coefficient (Wildman–Crippen LogP) is 4.55. The van der Waals surface area contributed by atoms with Gasteiger partial charge < -0.3 is 0 Å². The van der Waals surface area contributed by atoms with E-state index >= 15 is 0 Å². The minimum atomic E-state index is -0.207. The number of rotatable bonds is 4. The van der Waals surface area contributed by atoms with E-state index in [1.54, 1.807) is 23.5 Å². The van der Waals surface area contributed by atoms with E-state index in [0.29, 0.717) is 0 Å². The Hall–Kier alpha value is -1.27. The fourth-order valence-corrected chi connectivity index (χ4v) is 3.71. The number of benzene rings is 2. The van der Waals surface area contributed by atoms with Crippen LogP contribution in [0.25, 0.3) is 10.1 Å². The van der Waals surface area contributed by atoms with Crippen LogP contribution in [0.1, 0.15) is 16.5 Å². The summed E-state index contributed by atoms with van der Waals surface area (Å²) in [5.74, 6) is 5.50. The van der Waals surface area contributed by atoms with Crippen LogP contribution < -0.4 is 11.3 Å². The minimum Gasteiger partial charge on any atom is -0.271 e. The average molecular weight is 365 g/mol. The highest BCUT2D eigenvalue weighted by molar-refractivity contribution is 9.10. The maximum Gasteiger partial charge on any atom is 0.124 e. The molecule has 1 aromatic heterocycles. The molecular weight excluding hydrogens is 351 g/mol. The first-order valence-electron chi connectivity index (χ1n) is 6.55. The van der Waals surface area contributed by atoms with Crippen LogP contribution in [0.15, 0.2) is 53.0 Å². The van der Waals surface area contributed by atoms with E-state index in [2.05, 4.69) is 39.6 Å². The molecule has 21 heavy (non-hydrogen) atoms. The quantitative estimate of drug-likeness (QED) is 0.526. The molecule has 0 aliphatic carbocycles. The first-order chi connectivity index (χ1) is 10.2. The third-order valence-corrected chi connectivity index (χ3v) is 5.14. The van der Waals surface area contributed by atoms with Gasteiger partial charge in [-0.25, -0.2) is 4.39 Å². The molecule has 3 aromatic rings. The van der Waals surface area contributed by atoms with Crippen molar-refractivity contribution in [1.82, 2.24) is 5.43 Å². The first-order valence-corrected chi connectivity index (χ1v) is 8.16. The smallest absolute Gasteiger partial charge is 0.124 e. The van der Waals surface area contributed by atoms with Gasteiger partial charge in [0.2, 0.25) is 0 Å². The number of hydrogen-bond donors (Lipinski definition) is 2. The maximum atomic E-state index is 13.3. The number of nitrogens with two attached hydrogens (primary N) is 1. The van der Waals surface area contributed by atoms with Crippen LogP contribution in [-0.4, -0.2) is 0 Å². The van der Waals surface area contributed by atoms with Crippen LogP contribution in [0, 0.1) is 5.82 Å². The Bertz CT molecular complexity index is 755. The third kappa shape index (κ3) is 3.32. The highest BCUT2D eigenvalue weighted by Gasteiger charge is 2.14. The lowest BCUT2D eigenvalue weighted by molar-refractivity contribution is 0.561. The number of hydrogen-bond acceptors (Lipinski definition) is 3. The van der Waals surface area contributed by atoms with E-state index in [1.807, 2.05) is 12.1 Å². The predicted molar refractivity (Wildman–Crippen MR) is 89.7 cm³/mol. The second-order valence-electron chi connectivity index (χ2n) is 4.88. The van der Waals surface area contributed by atoms with Gasteiger partial charge in [-0.05, 0) is 47.7 Å². The van der Waals surface area contributed by atoms with Crippen molar-refractivity contribution < 1.29 is 4.39 Å². The van der Waals surface area contributed by atoms with Crippen molar-refractivity contribution in [2.45, 2.75) is 12.5 Å². The zero-order valence-corrected chi connectivity index (χ0v) is 13.5. The van der Waals surface area contributed by atoms with Gasteiger partial charge in [-0.2, -0.15) is 0 Å². The summed E-state index contributed by atoms with van der Waals surface area (Å²) in [4.78, 5) is 1.11. The molecule has 0 aliphatic rings. The first kappa shape index (κ1) is 14.7. The molecule has 0 radical (unpaired) electrons. The highest BCUT2D eigenvalue weighted by Crippen LogP contribution is 2.31. The van der Waals surface area contributed by atoms with E-state index in [4.69, 9.17) is 5.84 Å². The minimum absolute atomic E-state index is 0.0200. The van der Waals surface area contributed by atoms with Gasteiger partial charge in [-0.15, -0.1) is 11.3 Å². The van der Waals surface area contributed by atoms with Gasteiger partial charge in [0.05, 0.1) is 6.04 Å². The monoisotopic (exact) mass is 364 g/mol. The molecule has 0 aliphatic heterocycles. The molecule has 1 unspecified atom stereocenters. The summed E-state index contributed by atoms with van der Waals surface area (Å²) in [6.45, 7) is 0. The average Bonchev–Trinajstić information content (AvgIpc) is 2.89. The lowest BCUT2D eigenvalue weighted by atomic mass is 10.0. The van der Waals surface area contributed by atoms with Crippen LogP contribution in [0.2, 0.25) is 0 Å². The molecule has 0 bridgehead atoms. The summed E-state index contributed by atoms with van der Waals surface area (Å²) < 4.78 is 15.3. The number of hydrazine groups is 1. The van der Waals surface area contributed by atoms with Crippen LogP contribution in [0.3, 0.4) is 0 Å². The van der Waals surface area contributed by atoms with Gasteiger partial charge in [0.1, 0.15) is 5.82 Å². The van der Waals surface area contributed by atoms with Crippen molar-refractivity contribution in [2.24, 2.45) is 5.84 Å². The summed E-state index contributed by atoms with van der Waals surface area (Å²) in [5, 5.41) is 1.05. The zero-order chi connectivity index (χ0) is 14.8. The number of halogens is 2. The summed E-state index contributed by atoms with van der Waals surface area (Å²) in [5.41, 5.74) is 4.06. The van der Waals surface area contributed by atoms with Crippen LogP contribution in [0.5, 0.6) is 0 Å². The SMILES string of the molecule is NNC(Cc1ccc(Br)cc1)c1cc2ccc(F)cc2s1. The molecule has 0 spiro atoms. The van der Waals surface area contributed by atoms with Gasteiger partial charge in [-0.3, -0.25) is 11.3 Å². The van der Waals surface area contributed by atoms with Crippen molar-refractivity contribution in [3.05, 3.63) is 69.3 Å². The molecule has 0 fully saturated rings. The molecule has 3 rings (SSSR count). The van der Waals surface area contributed by atoms with Gasteiger partial charge in [0, 0.05) is 14.0 Å². The maximum absolute atomic E-state index is 13.3. The number of nitrogens with one attached hydrogen (secondary N) is 1. The van der Waals surface area contributed by atoms with E-state index in [0.717, 1.165) is 25.9 Å². The van der Waals surface area contributed by atoms with Crippen molar-refractivity contribution >= 4 is 37.4 Å². The van der Waals surface area contributed by atoms with E-state index in [9.17, 15) is 4.39 Å². The fraction of sp³-hybridized carbons (Fsp3) is 0.125. The molecule has 0 saturated heterocycles. The molecular formula is C16H14BrFN2S. The topological polar surface area (TPSA) is 38.0 Å². The normalized spacial score (nSPS) is 12.7. The van der Waals surface area contributed by atoms with Crippen LogP contribution >= 0.6 is 27.3 Å². The number of fused-ring (bicyclic) bond motifs is 1. The third-order valence-electron chi connectivity index (χ3n) is 3.40. The Balaban J connectivity index is 1.88. The summed E-state index contributed by atoms with van der Waals surface area (Å²) >= 11 is 5.00. The van der Waals surface area contributed by atoms with Crippen LogP contribution in [0.4, 0.5) is 4.39 Å². The van der Waals surface area contributed by atoms with E-state index < -0.39 is 0 Å². The molecule has 1 heterocycles. The zero-order valence-electron chi connectivity index (χ0n) is 11.1. The molecule has 108 valence electrons. The van der Waals surface area contributed by atoms with Crippen molar-refractivity contribution in [3.8, 4) is 0 Å². The lowest BCUT2D eigenvalue weighted by Gasteiger charge is -2.14. The van der Waals surface area contributed by atoms with Gasteiger partial charge in [-0.1, -0.05) is 34.1 Å². The Labute approximate surface area is 134 Å². The van der Waals surface area contributed by atoms with Crippen molar-refractivity contribution in [2.75, 3.05) is 0 Å². The van der Waals surface area contributed by atoms with Crippen LogP contribution in [-0.2, 0) is 6.42 Å². The second-order valence-corrected chi connectivity index (χ2v) is 6.91.